The van der Waals surface area contributed by atoms with Crippen LogP contribution in [-0.4, -0.2) is 13.0 Å². The SMILES string of the molecule is CN1c2ccccc2CN(C(=O)c2ccc(C3CCCCC3)cc2)c2ccccc21. The first-order valence-corrected chi connectivity index (χ1v) is 11.0. The fourth-order valence-electron chi connectivity index (χ4n) is 5.00. The third-order valence-electron chi connectivity index (χ3n) is 6.69. The molecule has 0 unspecified atom stereocenters. The van der Waals surface area contributed by atoms with E-state index in [-0.39, 0.29) is 5.91 Å². The lowest BCUT2D eigenvalue weighted by molar-refractivity contribution is 0.0985. The van der Waals surface area contributed by atoms with Gasteiger partial charge in [0.25, 0.3) is 5.91 Å². The number of benzene rings is 3. The molecule has 2 aliphatic rings. The molecular formula is C27H28N2O. The van der Waals surface area contributed by atoms with E-state index >= 15 is 0 Å². The molecule has 5 rings (SSSR count). The van der Waals surface area contributed by atoms with Crippen LogP contribution in [0.1, 0.15) is 59.5 Å². The predicted octanol–water partition coefficient (Wildman–Crippen LogP) is 6.66. The summed E-state index contributed by atoms with van der Waals surface area (Å²) in [6, 6.07) is 24.9. The average molecular weight is 397 g/mol. The standard InChI is InChI=1S/C27H28N2O/c1-28-24-12-6-5-11-23(24)19-29(26-14-8-7-13-25(26)28)27(30)22-17-15-21(16-18-22)20-9-3-2-4-10-20/h5-8,11-18,20H,2-4,9-10,19H2,1H3. The van der Waals surface area contributed by atoms with Crippen molar-refractivity contribution >= 4 is 23.0 Å². The molecule has 1 heterocycles. The Hall–Kier alpha value is -3.07. The van der Waals surface area contributed by atoms with Crippen LogP contribution in [0, 0.1) is 0 Å². The summed E-state index contributed by atoms with van der Waals surface area (Å²) in [5, 5.41) is 0. The molecule has 1 fully saturated rings. The van der Waals surface area contributed by atoms with Gasteiger partial charge in [-0.15, -0.1) is 0 Å². The monoisotopic (exact) mass is 396 g/mol. The quantitative estimate of drug-likeness (QED) is 0.483. The maximum absolute atomic E-state index is 13.6. The Balaban J connectivity index is 1.49. The van der Waals surface area contributed by atoms with Gasteiger partial charge in [-0.25, -0.2) is 0 Å². The number of amides is 1. The van der Waals surface area contributed by atoms with Crippen molar-refractivity contribution in [2.45, 2.75) is 44.6 Å². The van der Waals surface area contributed by atoms with E-state index in [1.807, 2.05) is 41.3 Å². The first-order valence-electron chi connectivity index (χ1n) is 11.0. The molecule has 0 atom stereocenters. The van der Waals surface area contributed by atoms with E-state index in [4.69, 9.17) is 0 Å². The van der Waals surface area contributed by atoms with Crippen molar-refractivity contribution in [2.75, 3.05) is 16.8 Å². The van der Waals surface area contributed by atoms with Gasteiger partial charge in [-0.2, -0.15) is 0 Å². The smallest absolute Gasteiger partial charge is 0.258 e. The lowest BCUT2D eigenvalue weighted by atomic mass is 9.84. The van der Waals surface area contributed by atoms with Gasteiger partial charge in [-0.3, -0.25) is 4.79 Å². The van der Waals surface area contributed by atoms with E-state index in [2.05, 4.69) is 48.3 Å². The number of hydrogen-bond donors (Lipinski definition) is 0. The number of anilines is 3. The first kappa shape index (κ1) is 18.9. The number of carbonyl (C=O) groups is 1. The van der Waals surface area contributed by atoms with Crippen LogP contribution in [-0.2, 0) is 6.54 Å². The van der Waals surface area contributed by atoms with Crippen molar-refractivity contribution in [2.24, 2.45) is 0 Å². The zero-order valence-corrected chi connectivity index (χ0v) is 17.6. The minimum atomic E-state index is 0.0581. The minimum absolute atomic E-state index is 0.0581. The van der Waals surface area contributed by atoms with Gasteiger partial charge in [0.1, 0.15) is 0 Å². The van der Waals surface area contributed by atoms with Crippen molar-refractivity contribution < 1.29 is 4.79 Å². The molecule has 152 valence electrons. The van der Waals surface area contributed by atoms with Crippen LogP contribution in [0.15, 0.2) is 72.8 Å². The highest BCUT2D eigenvalue weighted by molar-refractivity contribution is 6.08. The molecule has 0 spiro atoms. The maximum Gasteiger partial charge on any atom is 0.258 e. The summed E-state index contributed by atoms with van der Waals surface area (Å²) in [7, 11) is 2.07. The van der Waals surface area contributed by atoms with E-state index in [1.54, 1.807) is 0 Å². The highest BCUT2D eigenvalue weighted by atomic mass is 16.2. The molecular weight excluding hydrogens is 368 g/mol. The topological polar surface area (TPSA) is 23.6 Å². The summed E-state index contributed by atoms with van der Waals surface area (Å²) < 4.78 is 0. The highest BCUT2D eigenvalue weighted by Gasteiger charge is 2.27. The predicted molar refractivity (Wildman–Crippen MR) is 124 cm³/mol. The lowest BCUT2D eigenvalue weighted by Crippen LogP contribution is -2.30. The molecule has 0 saturated heterocycles. The second-order valence-corrected chi connectivity index (χ2v) is 8.52. The summed E-state index contributed by atoms with van der Waals surface area (Å²) >= 11 is 0. The third kappa shape index (κ3) is 3.39. The zero-order chi connectivity index (χ0) is 20.5. The molecule has 0 N–H and O–H groups in total. The summed E-state index contributed by atoms with van der Waals surface area (Å²) in [6.07, 6.45) is 6.55. The Kier molecular flexibility index (Phi) is 5.04. The molecule has 0 aromatic heterocycles. The maximum atomic E-state index is 13.6. The van der Waals surface area contributed by atoms with E-state index in [0.29, 0.717) is 12.5 Å². The second kappa shape index (κ2) is 7.98. The van der Waals surface area contributed by atoms with Crippen molar-refractivity contribution in [1.29, 1.82) is 0 Å². The molecule has 1 aliphatic heterocycles. The molecule has 30 heavy (non-hydrogen) atoms. The Morgan fingerprint density at radius 3 is 2.13 bits per heavy atom. The van der Waals surface area contributed by atoms with Crippen LogP contribution in [0.3, 0.4) is 0 Å². The van der Waals surface area contributed by atoms with Gasteiger partial charge in [0, 0.05) is 18.3 Å². The lowest BCUT2D eigenvalue weighted by Gasteiger charge is -2.25. The molecule has 3 heteroatoms. The van der Waals surface area contributed by atoms with Crippen molar-refractivity contribution in [3.8, 4) is 0 Å². The third-order valence-corrected chi connectivity index (χ3v) is 6.69. The summed E-state index contributed by atoms with van der Waals surface area (Å²) in [6.45, 7) is 0.570. The molecule has 0 radical (unpaired) electrons. The van der Waals surface area contributed by atoms with Crippen molar-refractivity contribution in [1.82, 2.24) is 0 Å². The molecule has 3 aromatic rings. The Morgan fingerprint density at radius 1 is 0.767 bits per heavy atom. The summed E-state index contributed by atoms with van der Waals surface area (Å²) in [4.78, 5) is 17.7. The van der Waals surface area contributed by atoms with Crippen molar-refractivity contribution in [3.63, 3.8) is 0 Å². The number of nitrogens with zero attached hydrogens (tertiary/aromatic N) is 2. The van der Waals surface area contributed by atoms with Crippen LogP contribution >= 0.6 is 0 Å². The average Bonchev–Trinajstić information content (AvgIpc) is 2.94. The Labute approximate surface area is 178 Å². The van der Waals surface area contributed by atoms with Gasteiger partial charge in [-0.05, 0) is 60.2 Å². The van der Waals surface area contributed by atoms with E-state index in [9.17, 15) is 4.79 Å². The van der Waals surface area contributed by atoms with Gasteiger partial charge in [0.2, 0.25) is 0 Å². The number of carbonyl (C=O) groups excluding carboxylic acids is 1. The van der Waals surface area contributed by atoms with Gasteiger partial charge < -0.3 is 9.80 Å². The van der Waals surface area contributed by atoms with Gasteiger partial charge >= 0.3 is 0 Å². The Bertz CT molecular complexity index is 1050. The normalized spacial score (nSPS) is 16.6. The summed E-state index contributed by atoms with van der Waals surface area (Å²) in [5.41, 5.74) is 6.45. The van der Waals surface area contributed by atoms with E-state index in [1.165, 1.54) is 37.7 Å². The molecule has 3 aromatic carbocycles. The van der Waals surface area contributed by atoms with Gasteiger partial charge in [-0.1, -0.05) is 61.7 Å². The van der Waals surface area contributed by atoms with Gasteiger partial charge in [0.15, 0.2) is 0 Å². The van der Waals surface area contributed by atoms with Crippen LogP contribution in [0.2, 0.25) is 0 Å². The van der Waals surface area contributed by atoms with Crippen LogP contribution < -0.4 is 9.80 Å². The van der Waals surface area contributed by atoms with Crippen LogP contribution in [0.25, 0.3) is 0 Å². The highest BCUT2D eigenvalue weighted by Crippen LogP contribution is 2.40. The Morgan fingerprint density at radius 2 is 1.40 bits per heavy atom. The summed E-state index contributed by atoms with van der Waals surface area (Å²) in [5.74, 6) is 0.713. The fourth-order valence-corrected chi connectivity index (χ4v) is 5.00. The molecule has 1 aliphatic carbocycles. The molecule has 1 saturated carbocycles. The van der Waals surface area contributed by atoms with E-state index < -0.39 is 0 Å². The number of para-hydroxylation sites is 3. The fraction of sp³-hybridized carbons (Fsp3) is 0.296. The minimum Gasteiger partial charge on any atom is -0.343 e. The van der Waals surface area contributed by atoms with Gasteiger partial charge in [0.05, 0.1) is 17.9 Å². The number of rotatable bonds is 2. The molecule has 1 amide bonds. The second-order valence-electron chi connectivity index (χ2n) is 8.52. The largest absolute Gasteiger partial charge is 0.343 e. The van der Waals surface area contributed by atoms with Crippen LogP contribution in [0.5, 0.6) is 0 Å². The zero-order valence-electron chi connectivity index (χ0n) is 17.6. The van der Waals surface area contributed by atoms with E-state index in [0.717, 1.165) is 28.2 Å². The first-order chi connectivity index (χ1) is 14.7. The van der Waals surface area contributed by atoms with Crippen LogP contribution in [0.4, 0.5) is 17.1 Å². The number of fused-ring (bicyclic) bond motifs is 2. The van der Waals surface area contributed by atoms with Crippen molar-refractivity contribution in [3.05, 3.63) is 89.5 Å². The molecule has 3 nitrogen and oxygen atoms in total. The molecule has 0 bridgehead atoms. The number of hydrogen-bond acceptors (Lipinski definition) is 2.